The molecule has 0 aromatic carbocycles. The number of carbonyl (C=O) groups is 2. The number of aliphatic carboxylic acids is 1. The molecule has 0 aromatic rings. The van der Waals surface area contributed by atoms with Crippen LogP contribution < -0.4 is 0 Å². The van der Waals surface area contributed by atoms with Crippen LogP contribution in [0.5, 0.6) is 0 Å². The van der Waals surface area contributed by atoms with Crippen LogP contribution >= 0.6 is 11.8 Å². The summed E-state index contributed by atoms with van der Waals surface area (Å²) in [7, 11) is 0. The van der Waals surface area contributed by atoms with Gasteiger partial charge in [0.25, 0.3) is 0 Å². The average molecular weight is 287 g/mol. The molecule has 1 fully saturated rings. The van der Waals surface area contributed by atoms with Crippen molar-refractivity contribution in [1.29, 1.82) is 0 Å². The summed E-state index contributed by atoms with van der Waals surface area (Å²) < 4.78 is 0. The lowest BCUT2D eigenvalue weighted by Gasteiger charge is -2.33. The third-order valence-corrected chi connectivity index (χ3v) is 5.08. The van der Waals surface area contributed by atoms with Crippen LogP contribution in [0, 0.1) is 0 Å². The third kappa shape index (κ3) is 5.05. The van der Waals surface area contributed by atoms with Crippen molar-refractivity contribution in [1.82, 2.24) is 4.90 Å². The van der Waals surface area contributed by atoms with E-state index < -0.39 is 11.2 Å². The van der Waals surface area contributed by atoms with Crippen molar-refractivity contribution >= 4 is 23.6 Å². The monoisotopic (exact) mass is 287 g/mol. The summed E-state index contributed by atoms with van der Waals surface area (Å²) in [4.78, 5) is 25.1. The molecule has 1 saturated carbocycles. The van der Waals surface area contributed by atoms with E-state index in [4.69, 9.17) is 5.11 Å². The lowest BCUT2D eigenvalue weighted by atomic mass is 9.94. The first-order valence-electron chi connectivity index (χ1n) is 7.24. The minimum Gasteiger partial charge on any atom is -0.480 e. The molecule has 1 aliphatic rings. The zero-order chi connectivity index (χ0) is 14.3. The topological polar surface area (TPSA) is 57.6 Å². The quantitative estimate of drug-likeness (QED) is 0.782. The van der Waals surface area contributed by atoms with Gasteiger partial charge in [-0.25, -0.2) is 0 Å². The highest BCUT2D eigenvalue weighted by Crippen LogP contribution is 2.24. The van der Waals surface area contributed by atoms with Gasteiger partial charge in [-0.3, -0.25) is 9.59 Å². The van der Waals surface area contributed by atoms with Gasteiger partial charge in [0.2, 0.25) is 5.91 Å². The molecule has 0 radical (unpaired) electrons. The number of amides is 1. The zero-order valence-electron chi connectivity index (χ0n) is 11.9. The molecule has 0 saturated heterocycles. The molecule has 5 heteroatoms. The fraction of sp³-hybridized carbons (Fsp3) is 0.857. The van der Waals surface area contributed by atoms with E-state index in [1.54, 1.807) is 0 Å². The molecule has 4 nitrogen and oxygen atoms in total. The summed E-state index contributed by atoms with van der Waals surface area (Å²) in [6, 6.07) is 0.372. The second kappa shape index (κ2) is 8.46. The Morgan fingerprint density at radius 3 is 2.37 bits per heavy atom. The van der Waals surface area contributed by atoms with Gasteiger partial charge in [0.15, 0.2) is 0 Å². The maximum absolute atomic E-state index is 12.2. The Morgan fingerprint density at radius 2 is 1.89 bits per heavy atom. The second-order valence-electron chi connectivity index (χ2n) is 5.02. The van der Waals surface area contributed by atoms with E-state index in [0.717, 1.165) is 19.4 Å². The maximum atomic E-state index is 12.2. The third-order valence-electron chi connectivity index (χ3n) is 3.73. The summed E-state index contributed by atoms with van der Waals surface area (Å²) in [6.07, 6.45) is 6.43. The normalized spacial score (nSPS) is 18.0. The number of carboxylic acids is 1. The molecule has 1 aliphatic carbocycles. The average Bonchev–Trinajstić information content (AvgIpc) is 2.41. The number of hydrogen-bond donors (Lipinski definition) is 1. The molecule has 1 amide bonds. The lowest BCUT2D eigenvalue weighted by molar-refractivity contribution is -0.136. The van der Waals surface area contributed by atoms with Crippen molar-refractivity contribution in [2.24, 2.45) is 0 Å². The van der Waals surface area contributed by atoms with Gasteiger partial charge in [-0.05, 0) is 26.2 Å². The fourth-order valence-corrected chi connectivity index (χ4v) is 3.54. The molecule has 0 aromatic heterocycles. The molecule has 110 valence electrons. The van der Waals surface area contributed by atoms with Crippen molar-refractivity contribution in [2.75, 3.05) is 12.3 Å². The number of rotatable bonds is 7. The highest BCUT2D eigenvalue weighted by Gasteiger charge is 2.25. The van der Waals surface area contributed by atoms with Crippen LogP contribution in [0.4, 0.5) is 0 Å². The fourth-order valence-electron chi connectivity index (χ4n) is 2.65. The molecule has 0 spiro atoms. The van der Waals surface area contributed by atoms with Crippen molar-refractivity contribution in [3.63, 3.8) is 0 Å². The molecule has 0 heterocycles. The van der Waals surface area contributed by atoms with Crippen LogP contribution in [0.15, 0.2) is 0 Å². The van der Waals surface area contributed by atoms with Crippen molar-refractivity contribution in [2.45, 2.75) is 63.7 Å². The standard InChI is InChI=1S/C14H25NO3S/c1-3-12(14(17)18)19-10-13(16)15(4-2)11-8-6-5-7-9-11/h11-12H,3-10H2,1-2H3,(H,17,18). The smallest absolute Gasteiger partial charge is 0.316 e. The van der Waals surface area contributed by atoms with Gasteiger partial charge < -0.3 is 10.0 Å². The van der Waals surface area contributed by atoms with Gasteiger partial charge in [0.05, 0.1) is 5.75 Å². The molecule has 1 atom stereocenters. The Bertz CT molecular complexity index is 303. The molecule has 19 heavy (non-hydrogen) atoms. The van der Waals surface area contributed by atoms with Crippen molar-refractivity contribution < 1.29 is 14.7 Å². The van der Waals surface area contributed by atoms with E-state index >= 15 is 0 Å². The van der Waals surface area contributed by atoms with Crippen LogP contribution in [-0.2, 0) is 9.59 Å². The summed E-state index contributed by atoms with van der Waals surface area (Å²) in [5.41, 5.74) is 0. The molecule has 0 bridgehead atoms. The van der Waals surface area contributed by atoms with Gasteiger partial charge in [-0.2, -0.15) is 0 Å². The Kier molecular flexibility index (Phi) is 7.28. The highest BCUT2D eigenvalue weighted by molar-refractivity contribution is 8.01. The maximum Gasteiger partial charge on any atom is 0.316 e. The Labute approximate surface area is 119 Å². The summed E-state index contributed by atoms with van der Waals surface area (Å²) >= 11 is 1.25. The van der Waals surface area contributed by atoms with Gasteiger partial charge in [0.1, 0.15) is 5.25 Å². The van der Waals surface area contributed by atoms with Gasteiger partial charge in [-0.15, -0.1) is 11.8 Å². The molecule has 1 rings (SSSR count). The van der Waals surface area contributed by atoms with E-state index in [2.05, 4.69) is 0 Å². The SMILES string of the molecule is CCC(SCC(=O)N(CC)C1CCCCC1)C(=O)O. The van der Waals surface area contributed by atoms with Crippen LogP contribution in [0.2, 0.25) is 0 Å². The minimum absolute atomic E-state index is 0.0964. The van der Waals surface area contributed by atoms with E-state index in [1.807, 2.05) is 18.7 Å². The van der Waals surface area contributed by atoms with Gasteiger partial charge >= 0.3 is 5.97 Å². The Morgan fingerprint density at radius 1 is 1.26 bits per heavy atom. The van der Waals surface area contributed by atoms with Crippen molar-refractivity contribution in [3.05, 3.63) is 0 Å². The first kappa shape index (κ1) is 16.3. The van der Waals surface area contributed by atoms with Crippen LogP contribution in [0.1, 0.15) is 52.4 Å². The van der Waals surface area contributed by atoms with Crippen LogP contribution in [0.25, 0.3) is 0 Å². The first-order valence-corrected chi connectivity index (χ1v) is 8.28. The van der Waals surface area contributed by atoms with Crippen LogP contribution in [0.3, 0.4) is 0 Å². The molecular formula is C14H25NO3S. The zero-order valence-corrected chi connectivity index (χ0v) is 12.7. The highest BCUT2D eigenvalue weighted by atomic mass is 32.2. The number of thioether (sulfide) groups is 1. The van der Waals surface area contributed by atoms with E-state index in [-0.39, 0.29) is 11.7 Å². The summed E-state index contributed by atoms with van der Waals surface area (Å²) in [5, 5.41) is 8.52. The number of carboxylic acid groups (broad SMARTS) is 1. The second-order valence-corrected chi connectivity index (χ2v) is 6.21. The van der Waals surface area contributed by atoms with E-state index in [9.17, 15) is 9.59 Å². The van der Waals surface area contributed by atoms with Gasteiger partial charge in [-0.1, -0.05) is 26.2 Å². The van der Waals surface area contributed by atoms with Crippen molar-refractivity contribution in [3.8, 4) is 0 Å². The molecule has 0 aliphatic heterocycles. The van der Waals surface area contributed by atoms with Gasteiger partial charge in [0, 0.05) is 12.6 Å². The molecular weight excluding hydrogens is 262 g/mol. The molecule has 1 N–H and O–H groups in total. The summed E-state index contributed by atoms with van der Waals surface area (Å²) in [5.74, 6) is -0.435. The predicted octanol–water partition coefficient (Wildman–Crippen LogP) is 2.76. The Balaban J connectivity index is 2.46. The van der Waals surface area contributed by atoms with E-state index in [0.29, 0.717) is 12.5 Å². The number of hydrogen-bond acceptors (Lipinski definition) is 3. The largest absolute Gasteiger partial charge is 0.480 e. The van der Waals surface area contributed by atoms with Crippen LogP contribution in [-0.4, -0.2) is 45.5 Å². The van der Waals surface area contributed by atoms with E-state index in [1.165, 1.54) is 31.0 Å². The number of nitrogens with zero attached hydrogens (tertiary/aromatic N) is 1. The minimum atomic E-state index is -0.819. The predicted molar refractivity (Wildman–Crippen MR) is 78.4 cm³/mol. The lowest BCUT2D eigenvalue weighted by Crippen LogP contribution is -2.42. The molecule has 1 unspecified atom stereocenters. The first-order chi connectivity index (χ1) is 9.10. The summed E-state index contributed by atoms with van der Waals surface area (Å²) in [6.45, 7) is 4.58. The number of carbonyl (C=O) groups excluding carboxylic acids is 1. The Hall–Kier alpha value is -0.710.